The molecule has 0 amide bonds. The minimum atomic E-state index is -2.40. The Morgan fingerprint density at radius 3 is 2.52 bits per heavy atom. The highest BCUT2D eigenvalue weighted by Crippen LogP contribution is 2.41. The lowest BCUT2D eigenvalue weighted by atomic mass is 10.0. The van der Waals surface area contributed by atoms with Crippen molar-refractivity contribution in [2.24, 2.45) is 0 Å². The Bertz CT molecular complexity index is 609. The van der Waals surface area contributed by atoms with Gasteiger partial charge in [0.2, 0.25) is 0 Å². The summed E-state index contributed by atoms with van der Waals surface area (Å²) in [6.07, 6.45) is 2.59. The molecular weight excluding hydrogens is 317 g/mol. The molecule has 1 N–H and O–H groups in total. The molecule has 23 heavy (non-hydrogen) atoms. The fourth-order valence-electron chi connectivity index (χ4n) is 2.13. The molecule has 0 spiro atoms. The molecule has 0 unspecified atom stereocenters. The van der Waals surface area contributed by atoms with Gasteiger partial charge in [-0.25, -0.2) is 4.39 Å². The van der Waals surface area contributed by atoms with Crippen LogP contribution in [-0.4, -0.2) is 24.1 Å². The van der Waals surface area contributed by atoms with Gasteiger partial charge in [0.25, 0.3) is 0 Å². The number of rotatable bonds is 7. The van der Waals surface area contributed by atoms with Crippen molar-refractivity contribution < 1.29 is 18.8 Å². The van der Waals surface area contributed by atoms with Gasteiger partial charge in [0.1, 0.15) is 5.82 Å². The highest BCUT2D eigenvalue weighted by atomic mass is 28.4. The van der Waals surface area contributed by atoms with Gasteiger partial charge >= 0.3 is 5.69 Å². The molecule has 1 aliphatic carbocycles. The Morgan fingerprint density at radius 1 is 1.43 bits per heavy atom. The van der Waals surface area contributed by atoms with E-state index in [1.54, 1.807) is 0 Å². The van der Waals surface area contributed by atoms with Crippen LogP contribution in [-0.2, 0) is 6.42 Å². The number of ether oxygens (including phenoxy) is 1. The first-order valence-electron chi connectivity index (χ1n) is 7.87. The van der Waals surface area contributed by atoms with E-state index < -0.39 is 19.1 Å². The van der Waals surface area contributed by atoms with E-state index in [0.717, 1.165) is 18.9 Å². The summed E-state index contributed by atoms with van der Waals surface area (Å²) in [5, 5.41) is 10.9. The molecule has 1 fully saturated rings. The lowest BCUT2D eigenvalue weighted by molar-refractivity contribution is -0.386. The van der Waals surface area contributed by atoms with E-state index in [1.165, 1.54) is 6.07 Å². The molecule has 1 aromatic rings. The molecule has 0 saturated heterocycles. The van der Waals surface area contributed by atoms with E-state index in [-0.39, 0.29) is 22.6 Å². The fourth-order valence-corrected chi connectivity index (χ4v) is 2.87. The molecule has 7 heteroatoms. The van der Waals surface area contributed by atoms with Crippen LogP contribution in [0.25, 0.3) is 0 Å². The molecule has 0 atom stereocenters. The summed E-state index contributed by atoms with van der Waals surface area (Å²) in [4.78, 5) is 21.0. The number of nitrogens with zero attached hydrogens (tertiary/aromatic N) is 1. The number of nitro benzene ring substituents is 1. The van der Waals surface area contributed by atoms with Crippen LogP contribution >= 0.6 is 0 Å². The largest absolute Gasteiger partial charge is 0.483 e. The maximum atomic E-state index is 14.3. The maximum Gasteiger partial charge on any atom is 0.311 e. The predicted molar refractivity (Wildman–Crippen MR) is 88.8 cm³/mol. The van der Waals surface area contributed by atoms with Gasteiger partial charge < -0.3 is 9.53 Å². The summed E-state index contributed by atoms with van der Waals surface area (Å²) < 4.78 is 19.7. The Morgan fingerprint density at radius 2 is 2.04 bits per heavy atom. The van der Waals surface area contributed by atoms with Crippen molar-refractivity contribution in [3.8, 4) is 5.75 Å². The van der Waals surface area contributed by atoms with Crippen LogP contribution in [0, 0.1) is 15.9 Å². The molecule has 0 radical (unpaired) electrons. The Labute approximate surface area is 136 Å². The van der Waals surface area contributed by atoms with Crippen LogP contribution in [0.3, 0.4) is 0 Å². The maximum absolute atomic E-state index is 14.3. The number of halogens is 1. The summed E-state index contributed by atoms with van der Waals surface area (Å²) >= 11 is 0. The normalized spacial score (nSPS) is 15.6. The zero-order valence-electron chi connectivity index (χ0n) is 14.1. The molecular formula is C16H24FNO4Si. The molecule has 2 rings (SSSR count). The van der Waals surface area contributed by atoms with E-state index in [1.807, 2.05) is 26.9 Å². The Hall–Kier alpha value is -1.47. The lowest BCUT2D eigenvalue weighted by Gasteiger charge is -2.35. The second-order valence-corrected chi connectivity index (χ2v) is 11.9. The second kappa shape index (κ2) is 6.20. The monoisotopic (exact) mass is 341 g/mol. The molecule has 5 nitrogen and oxygen atoms in total. The number of aryl methyl sites for hydroxylation is 1. The van der Waals surface area contributed by atoms with Gasteiger partial charge in [0.05, 0.1) is 11.0 Å². The van der Waals surface area contributed by atoms with E-state index >= 15 is 0 Å². The van der Waals surface area contributed by atoms with Crippen molar-refractivity contribution in [3.05, 3.63) is 33.6 Å². The van der Waals surface area contributed by atoms with Gasteiger partial charge in [0, 0.05) is 12.1 Å². The third-order valence-electron chi connectivity index (χ3n) is 4.82. The van der Waals surface area contributed by atoms with E-state index in [2.05, 4.69) is 0 Å². The minimum Gasteiger partial charge on any atom is -0.483 e. The molecule has 1 aromatic carbocycles. The van der Waals surface area contributed by atoms with E-state index in [9.17, 15) is 19.3 Å². The molecule has 0 aromatic heterocycles. The van der Waals surface area contributed by atoms with Crippen LogP contribution in [0.15, 0.2) is 12.1 Å². The first-order valence-corrected chi connectivity index (χ1v) is 10.8. The zero-order valence-corrected chi connectivity index (χ0v) is 15.1. The number of nitro groups is 1. The third-order valence-corrected chi connectivity index (χ3v) is 8.38. The molecule has 0 heterocycles. The standard InChI is InChI=1S/C16H24FNO4Si/c1-16(2,23(3,4)21)8-7-11-9-14(18(19)20)15(10-13(11)17)22-12-5-6-12/h9-10,12,21H,5-8H2,1-4H3. The average Bonchev–Trinajstić information content (AvgIpc) is 3.20. The van der Waals surface area contributed by atoms with Crippen LogP contribution in [0.2, 0.25) is 18.1 Å². The van der Waals surface area contributed by atoms with Crippen molar-refractivity contribution in [2.45, 2.75) is 63.8 Å². The number of benzene rings is 1. The van der Waals surface area contributed by atoms with Gasteiger partial charge in [0.15, 0.2) is 14.1 Å². The Kier molecular flexibility index (Phi) is 4.82. The van der Waals surface area contributed by atoms with Gasteiger partial charge in [-0.1, -0.05) is 13.8 Å². The summed E-state index contributed by atoms with van der Waals surface area (Å²) in [5.41, 5.74) is 0.109. The number of hydrogen-bond acceptors (Lipinski definition) is 4. The molecule has 0 bridgehead atoms. The fraction of sp³-hybridized carbons (Fsp3) is 0.625. The van der Waals surface area contributed by atoms with E-state index in [0.29, 0.717) is 18.4 Å². The van der Waals surface area contributed by atoms with Crippen molar-refractivity contribution in [3.63, 3.8) is 0 Å². The van der Waals surface area contributed by atoms with Crippen LogP contribution in [0.4, 0.5) is 10.1 Å². The highest BCUT2D eigenvalue weighted by Gasteiger charge is 2.38. The van der Waals surface area contributed by atoms with Crippen LogP contribution in [0.5, 0.6) is 5.75 Å². The average molecular weight is 341 g/mol. The zero-order chi connectivity index (χ0) is 17.4. The smallest absolute Gasteiger partial charge is 0.311 e. The van der Waals surface area contributed by atoms with Crippen molar-refractivity contribution in [2.75, 3.05) is 0 Å². The number of hydrogen-bond donors (Lipinski definition) is 1. The first-order chi connectivity index (χ1) is 10.5. The highest BCUT2D eigenvalue weighted by molar-refractivity contribution is 6.72. The van der Waals surface area contributed by atoms with Crippen molar-refractivity contribution in [1.29, 1.82) is 0 Å². The summed E-state index contributed by atoms with van der Waals surface area (Å²) in [7, 11) is -2.40. The van der Waals surface area contributed by atoms with Crippen LogP contribution < -0.4 is 4.74 Å². The lowest BCUT2D eigenvalue weighted by Crippen LogP contribution is -2.39. The van der Waals surface area contributed by atoms with Gasteiger partial charge in [-0.15, -0.1) is 0 Å². The molecule has 1 aliphatic rings. The molecule has 128 valence electrons. The van der Waals surface area contributed by atoms with Crippen molar-refractivity contribution in [1.82, 2.24) is 0 Å². The summed E-state index contributed by atoms with van der Waals surface area (Å²) in [6.45, 7) is 7.60. The molecule has 0 aliphatic heterocycles. The van der Waals surface area contributed by atoms with Crippen molar-refractivity contribution >= 4 is 14.0 Å². The van der Waals surface area contributed by atoms with E-state index in [4.69, 9.17) is 4.74 Å². The SMILES string of the molecule is CC(C)(CCc1cc([N+](=O)[O-])c(OC2CC2)cc1F)[Si](C)(C)O. The minimum absolute atomic E-state index is 0.00914. The second-order valence-electron chi connectivity index (χ2n) is 7.43. The first kappa shape index (κ1) is 17.9. The summed E-state index contributed by atoms with van der Waals surface area (Å²) in [6, 6.07) is 2.40. The van der Waals surface area contributed by atoms with Gasteiger partial charge in [-0.2, -0.15) is 0 Å². The van der Waals surface area contributed by atoms with Gasteiger partial charge in [-0.05, 0) is 49.4 Å². The summed E-state index contributed by atoms with van der Waals surface area (Å²) in [5.74, 6) is -0.477. The van der Waals surface area contributed by atoms with Gasteiger partial charge in [-0.3, -0.25) is 10.1 Å². The topological polar surface area (TPSA) is 72.6 Å². The quantitative estimate of drug-likeness (QED) is 0.458. The third kappa shape index (κ3) is 4.29. The van der Waals surface area contributed by atoms with Crippen LogP contribution in [0.1, 0.15) is 38.7 Å². The predicted octanol–water partition coefficient (Wildman–Crippen LogP) is 4.19. The molecule has 1 saturated carbocycles. The Balaban J connectivity index is 2.22.